The van der Waals surface area contributed by atoms with Crippen LogP contribution >= 0.6 is 0 Å². The van der Waals surface area contributed by atoms with E-state index in [0.717, 1.165) is 31.4 Å². The minimum Gasteiger partial charge on any atom is -0.481 e. The molecule has 1 aliphatic rings. The van der Waals surface area contributed by atoms with Crippen molar-refractivity contribution in [2.45, 2.75) is 57.5 Å². The standard InChI is InChI=1S/C21H24F4O3/c22-18-11-10-16(21(23,24)25)13-15(18)8-7-14-9-12-19(26)17(14)5-3-1-2-4-6-20(27)28/h7-8,10-11,13-14,17H,1-6,9,12H2,(H,27,28)/b8-7+. The van der Waals surface area contributed by atoms with Crippen LogP contribution in [-0.2, 0) is 15.8 Å². The topological polar surface area (TPSA) is 54.4 Å². The monoisotopic (exact) mass is 400 g/mol. The lowest BCUT2D eigenvalue weighted by Gasteiger charge is -2.15. The van der Waals surface area contributed by atoms with Crippen LogP contribution in [0.15, 0.2) is 24.3 Å². The summed E-state index contributed by atoms with van der Waals surface area (Å²) in [6.45, 7) is 0. The van der Waals surface area contributed by atoms with E-state index in [4.69, 9.17) is 5.11 Å². The van der Waals surface area contributed by atoms with Crippen molar-refractivity contribution in [1.29, 1.82) is 0 Å². The van der Waals surface area contributed by atoms with E-state index in [9.17, 15) is 27.2 Å². The van der Waals surface area contributed by atoms with Gasteiger partial charge in [-0.05, 0) is 43.4 Å². The molecule has 0 bridgehead atoms. The third-order valence-corrected chi connectivity index (χ3v) is 5.16. The Morgan fingerprint density at radius 1 is 1.18 bits per heavy atom. The molecule has 1 N–H and O–H groups in total. The van der Waals surface area contributed by atoms with Crippen molar-refractivity contribution in [3.05, 3.63) is 41.2 Å². The van der Waals surface area contributed by atoms with E-state index in [-0.39, 0.29) is 29.6 Å². The average Bonchev–Trinajstić information content (AvgIpc) is 2.96. The van der Waals surface area contributed by atoms with E-state index in [1.165, 1.54) is 6.08 Å². The number of carboxylic acids is 1. The number of rotatable bonds is 9. The SMILES string of the molecule is O=C(O)CCCCCCC1C(=O)CCC1/C=C/c1cc(C(F)(F)F)ccc1F. The first-order chi connectivity index (χ1) is 13.2. The first-order valence-electron chi connectivity index (χ1n) is 9.48. The number of hydrogen-bond acceptors (Lipinski definition) is 2. The van der Waals surface area contributed by atoms with Crippen molar-refractivity contribution in [2.24, 2.45) is 11.8 Å². The molecule has 2 unspecified atom stereocenters. The summed E-state index contributed by atoms with van der Waals surface area (Å²) in [7, 11) is 0. The van der Waals surface area contributed by atoms with Crippen LogP contribution in [0.4, 0.5) is 17.6 Å². The summed E-state index contributed by atoms with van der Waals surface area (Å²) in [5.74, 6) is -1.74. The van der Waals surface area contributed by atoms with Crippen LogP contribution in [0.3, 0.4) is 0 Å². The zero-order chi connectivity index (χ0) is 20.7. The van der Waals surface area contributed by atoms with Gasteiger partial charge in [0.2, 0.25) is 0 Å². The minimum atomic E-state index is -4.54. The largest absolute Gasteiger partial charge is 0.481 e. The number of alkyl halides is 3. The summed E-state index contributed by atoms with van der Waals surface area (Å²) < 4.78 is 52.3. The average molecular weight is 400 g/mol. The lowest BCUT2D eigenvalue weighted by molar-refractivity contribution is -0.138. The number of ketones is 1. The Bertz CT molecular complexity index is 725. The van der Waals surface area contributed by atoms with E-state index >= 15 is 0 Å². The van der Waals surface area contributed by atoms with E-state index in [0.29, 0.717) is 31.7 Å². The highest BCUT2D eigenvalue weighted by molar-refractivity contribution is 5.84. The van der Waals surface area contributed by atoms with Gasteiger partial charge >= 0.3 is 12.1 Å². The third kappa shape index (κ3) is 6.46. The van der Waals surface area contributed by atoms with Crippen LogP contribution in [0.25, 0.3) is 6.08 Å². The Hall–Kier alpha value is -2.18. The maximum Gasteiger partial charge on any atom is 0.416 e. The second kappa shape index (κ2) is 9.85. The molecule has 0 aromatic heterocycles. The quantitative estimate of drug-likeness (QED) is 0.416. The minimum absolute atomic E-state index is 0.111. The predicted octanol–water partition coefficient (Wildman–Crippen LogP) is 5.88. The Kier molecular flexibility index (Phi) is 7.78. The van der Waals surface area contributed by atoms with Crippen LogP contribution < -0.4 is 0 Å². The molecule has 1 aliphatic carbocycles. The van der Waals surface area contributed by atoms with Crippen molar-refractivity contribution >= 4 is 17.8 Å². The molecule has 1 fully saturated rings. The highest BCUT2D eigenvalue weighted by Crippen LogP contribution is 2.35. The number of carbonyl (C=O) groups is 2. The van der Waals surface area contributed by atoms with Crippen LogP contribution in [-0.4, -0.2) is 16.9 Å². The molecule has 0 amide bonds. The van der Waals surface area contributed by atoms with Crippen LogP contribution in [0.5, 0.6) is 0 Å². The van der Waals surface area contributed by atoms with Gasteiger partial charge in [0.25, 0.3) is 0 Å². The van der Waals surface area contributed by atoms with Crippen molar-refractivity contribution < 1.29 is 32.3 Å². The number of unbranched alkanes of at least 4 members (excludes halogenated alkanes) is 3. The van der Waals surface area contributed by atoms with Crippen molar-refractivity contribution in [3.8, 4) is 0 Å². The molecule has 1 aromatic rings. The molecule has 0 aliphatic heterocycles. The molecule has 0 heterocycles. The molecule has 1 aromatic carbocycles. The molecule has 2 rings (SSSR count). The first kappa shape index (κ1) is 22.1. The van der Waals surface area contributed by atoms with Crippen molar-refractivity contribution in [3.63, 3.8) is 0 Å². The fraction of sp³-hybridized carbons (Fsp3) is 0.524. The molecular formula is C21H24F4O3. The second-order valence-electron chi connectivity index (χ2n) is 7.22. The zero-order valence-electron chi connectivity index (χ0n) is 15.5. The van der Waals surface area contributed by atoms with Gasteiger partial charge in [-0.25, -0.2) is 4.39 Å². The fourth-order valence-electron chi connectivity index (χ4n) is 3.61. The van der Waals surface area contributed by atoms with Gasteiger partial charge in [-0.1, -0.05) is 31.4 Å². The third-order valence-electron chi connectivity index (χ3n) is 5.16. The van der Waals surface area contributed by atoms with E-state index in [1.54, 1.807) is 6.08 Å². The van der Waals surface area contributed by atoms with E-state index in [2.05, 4.69) is 0 Å². The number of allylic oxidation sites excluding steroid dienone is 1. The summed E-state index contributed by atoms with van der Waals surface area (Å²) in [4.78, 5) is 22.6. The molecule has 1 saturated carbocycles. The van der Waals surface area contributed by atoms with Crippen LogP contribution in [0.2, 0.25) is 0 Å². The summed E-state index contributed by atoms with van der Waals surface area (Å²) in [6.07, 6.45) is 3.28. The second-order valence-corrected chi connectivity index (χ2v) is 7.22. The van der Waals surface area contributed by atoms with Gasteiger partial charge in [-0.15, -0.1) is 0 Å². The summed E-state index contributed by atoms with van der Waals surface area (Å²) >= 11 is 0. The molecule has 2 atom stereocenters. The van der Waals surface area contributed by atoms with E-state index < -0.39 is 23.5 Å². The lowest BCUT2D eigenvalue weighted by Crippen LogP contribution is -2.13. The highest BCUT2D eigenvalue weighted by atomic mass is 19.4. The molecular weight excluding hydrogens is 376 g/mol. The van der Waals surface area contributed by atoms with Gasteiger partial charge in [0.1, 0.15) is 11.6 Å². The Labute approximate surface area is 161 Å². The Morgan fingerprint density at radius 3 is 2.57 bits per heavy atom. The first-order valence-corrected chi connectivity index (χ1v) is 9.48. The smallest absolute Gasteiger partial charge is 0.416 e. The van der Waals surface area contributed by atoms with Gasteiger partial charge in [0, 0.05) is 24.3 Å². The van der Waals surface area contributed by atoms with Crippen LogP contribution in [0.1, 0.15) is 62.5 Å². The lowest BCUT2D eigenvalue weighted by atomic mass is 9.89. The maximum atomic E-state index is 13.9. The number of carboxylic acid groups (broad SMARTS) is 1. The molecule has 154 valence electrons. The highest BCUT2D eigenvalue weighted by Gasteiger charge is 2.33. The van der Waals surface area contributed by atoms with E-state index in [1.807, 2.05) is 0 Å². The normalized spacial score (nSPS) is 20.2. The Morgan fingerprint density at radius 2 is 1.89 bits per heavy atom. The zero-order valence-corrected chi connectivity index (χ0v) is 15.5. The molecule has 7 heteroatoms. The number of carbonyl (C=O) groups excluding carboxylic acids is 1. The summed E-state index contributed by atoms with van der Waals surface area (Å²) in [5.41, 5.74) is -1.05. The fourth-order valence-corrected chi connectivity index (χ4v) is 3.61. The number of Topliss-reactive ketones (excluding diaryl/α,β-unsaturated/α-hetero) is 1. The van der Waals surface area contributed by atoms with Crippen LogP contribution in [0, 0.1) is 17.7 Å². The summed E-state index contributed by atoms with van der Waals surface area (Å²) in [6, 6.07) is 2.29. The summed E-state index contributed by atoms with van der Waals surface area (Å²) in [5, 5.41) is 8.60. The van der Waals surface area contributed by atoms with Crippen molar-refractivity contribution in [2.75, 3.05) is 0 Å². The van der Waals surface area contributed by atoms with Gasteiger partial charge in [-0.3, -0.25) is 9.59 Å². The maximum absolute atomic E-state index is 13.9. The van der Waals surface area contributed by atoms with Gasteiger partial charge in [-0.2, -0.15) is 13.2 Å². The number of benzene rings is 1. The van der Waals surface area contributed by atoms with Gasteiger partial charge < -0.3 is 5.11 Å². The molecule has 28 heavy (non-hydrogen) atoms. The number of hydrogen-bond donors (Lipinski definition) is 1. The number of aliphatic carboxylic acids is 1. The molecule has 3 nitrogen and oxygen atoms in total. The van der Waals surface area contributed by atoms with Crippen molar-refractivity contribution in [1.82, 2.24) is 0 Å². The van der Waals surface area contributed by atoms with Gasteiger partial charge in [0.15, 0.2) is 0 Å². The predicted molar refractivity (Wildman–Crippen MR) is 97.0 cm³/mol. The molecule has 0 spiro atoms. The number of halogens is 4. The Balaban J connectivity index is 1.94. The molecule has 0 saturated heterocycles. The molecule has 0 radical (unpaired) electrons. The van der Waals surface area contributed by atoms with Gasteiger partial charge in [0.05, 0.1) is 5.56 Å².